The van der Waals surface area contributed by atoms with E-state index in [9.17, 15) is 19.1 Å². The molecule has 0 bridgehead atoms. The lowest BCUT2D eigenvalue weighted by Crippen LogP contribution is -2.56. The summed E-state index contributed by atoms with van der Waals surface area (Å²) in [6.07, 6.45) is 8.39. The Hall–Kier alpha value is -3.46. The lowest BCUT2D eigenvalue weighted by atomic mass is 9.62. The first-order valence-electron chi connectivity index (χ1n) is 13.8. The average Bonchev–Trinajstić information content (AvgIpc) is 3.45. The number of aliphatic imine (C=N–C) groups is 1. The highest BCUT2D eigenvalue weighted by atomic mass is 35.5. The summed E-state index contributed by atoms with van der Waals surface area (Å²) in [6.45, 7) is 7.07. The molecule has 1 aliphatic heterocycles. The summed E-state index contributed by atoms with van der Waals surface area (Å²) >= 11 is 6.75. The molecule has 2 amide bonds. The Labute approximate surface area is 239 Å². The SMILES string of the molecule is C=CC(=O)N1CCN(C(=NC)c2cc(Cl)c(-c3c(O)cccc3F)nc2N(C=O)C2CCC23CCCC3)C(C)C1. The van der Waals surface area contributed by atoms with E-state index in [4.69, 9.17) is 16.6 Å². The fraction of sp³-hybridized carbons (Fsp3) is 0.467. The first-order chi connectivity index (χ1) is 19.2. The number of pyridine rings is 1. The molecular weight excluding hydrogens is 533 g/mol. The van der Waals surface area contributed by atoms with Gasteiger partial charge in [-0.3, -0.25) is 19.5 Å². The lowest BCUT2D eigenvalue weighted by Gasteiger charge is -2.51. The molecule has 1 spiro atoms. The van der Waals surface area contributed by atoms with Crippen molar-refractivity contribution in [3.05, 3.63) is 53.3 Å². The summed E-state index contributed by atoms with van der Waals surface area (Å²) < 4.78 is 15.0. The van der Waals surface area contributed by atoms with Gasteiger partial charge in [0.25, 0.3) is 0 Å². The predicted octanol–water partition coefficient (Wildman–Crippen LogP) is 5.03. The normalized spacial score (nSPS) is 22.2. The number of benzene rings is 1. The number of aromatic hydroxyl groups is 1. The number of rotatable bonds is 6. The van der Waals surface area contributed by atoms with Crippen molar-refractivity contribution in [2.75, 3.05) is 31.6 Å². The Kier molecular flexibility index (Phi) is 7.86. The number of piperazine rings is 1. The number of carbonyl (C=O) groups excluding carboxylic acids is 2. The molecule has 3 fully saturated rings. The first-order valence-corrected chi connectivity index (χ1v) is 14.2. The molecule has 1 N–H and O–H groups in total. The van der Waals surface area contributed by atoms with Crippen LogP contribution in [-0.2, 0) is 9.59 Å². The molecule has 2 saturated carbocycles. The summed E-state index contributed by atoms with van der Waals surface area (Å²) in [7, 11) is 1.67. The number of aromatic nitrogens is 1. The highest BCUT2D eigenvalue weighted by molar-refractivity contribution is 6.33. The van der Waals surface area contributed by atoms with Gasteiger partial charge in [0.15, 0.2) is 0 Å². The smallest absolute Gasteiger partial charge is 0.246 e. The van der Waals surface area contributed by atoms with Crippen molar-refractivity contribution in [3.8, 4) is 17.0 Å². The van der Waals surface area contributed by atoms with Crippen molar-refractivity contribution >= 4 is 35.6 Å². The van der Waals surface area contributed by atoms with Gasteiger partial charge in [0.1, 0.15) is 23.2 Å². The third kappa shape index (κ3) is 4.74. The molecule has 2 aromatic rings. The van der Waals surface area contributed by atoms with Crippen LogP contribution in [-0.4, -0.2) is 76.8 Å². The van der Waals surface area contributed by atoms with E-state index in [2.05, 4.69) is 16.5 Å². The van der Waals surface area contributed by atoms with Gasteiger partial charge in [0.2, 0.25) is 12.3 Å². The van der Waals surface area contributed by atoms with Crippen molar-refractivity contribution in [2.24, 2.45) is 10.4 Å². The zero-order valence-electron chi connectivity index (χ0n) is 22.9. The van der Waals surface area contributed by atoms with Crippen LogP contribution < -0.4 is 4.90 Å². The highest BCUT2D eigenvalue weighted by Crippen LogP contribution is 2.56. The second-order valence-corrected chi connectivity index (χ2v) is 11.4. The molecule has 2 heterocycles. The lowest BCUT2D eigenvalue weighted by molar-refractivity contribution is -0.128. The standard InChI is InChI=1S/C30H35ClFN5O3/c1-4-25(40)35-14-15-36(19(2)17-35)28(33-3)20-16-21(31)27(26-22(32)8-7-9-23(26)39)34-29(20)37(18-38)24-10-13-30(24)11-5-6-12-30/h4,7-9,16,18-19,24,39H,1,5-6,10-15,17H2,2-3H3. The Morgan fingerprint density at radius 3 is 2.62 bits per heavy atom. The molecule has 0 radical (unpaired) electrons. The van der Waals surface area contributed by atoms with Crippen LogP contribution in [0, 0.1) is 11.2 Å². The number of hydrogen-bond acceptors (Lipinski definition) is 5. The van der Waals surface area contributed by atoms with Crippen LogP contribution in [0.2, 0.25) is 5.02 Å². The van der Waals surface area contributed by atoms with Gasteiger partial charge in [-0.25, -0.2) is 9.37 Å². The summed E-state index contributed by atoms with van der Waals surface area (Å²) in [5, 5.41) is 10.7. The summed E-state index contributed by atoms with van der Waals surface area (Å²) in [5.74, 6) is -0.158. The fourth-order valence-corrected chi connectivity index (χ4v) is 7.06. The van der Waals surface area contributed by atoms with E-state index in [0.29, 0.717) is 36.9 Å². The second kappa shape index (κ2) is 11.2. The molecule has 2 unspecified atom stereocenters. The highest BCUT2D eigenvalue weighted by Gasteiger charge is 2.51. The minimum atomic E-state index is -0.664. The second-order valence-electron chi connectivity index (χ2n) is 11.0. The minimum absolute atomic E-state index is 0.0421. The third-order valence-corrected chi connectivity index (χ3v) is 9.23. The number of hydrogen-bond donors (Lipinski definition) is 1. The van der Waals surface area contributed by atoms with Gasteiger partial charge < -0.3 is 14.9 Å². The summed E-state index contributed by atoms with van der Waals surface area (Å²) in [4.78, 5) is 40.0. The van der Waals surface area contributed by atoms with Crippen LogP contribution in [0.4, 0.5) is 10.2 Å². The number of nitrogens with zero attached hydrogens (tertiary/aromatic N) is 5. The zero-order chi connectivity index (χ0) is 28.6. The molecule has 212 valence electrons. The fourth-order valence-electron chi connectivity index (χ4n) is 6.82. The van der Waals surface area contributed by atoms with Crippen molar-refractivity contribution in [2.45, 2.75) is 57.5 Å². The van der Waals surface area contributed by atoms with E-state index in [1.807, 2.05) is 6.92 Å². The number of phenolic OH excluding ortho intramolecular Hbond substituents is 1. The van der Waals surface area contributed by atoms with Crippen molar-refractivity contribution in [1.29, 1.82) is 0 Å². The van der Waals surface area contributed by atoms with E-state index in [0.717, 1.165) is 44.9 Å². The maximum atomic E-state index is 15.0. The van der Waals surface area contributed by atoms with Crippen molar-refractivity contribution in [1.82, 2.24) is 14.8 Å². The third-order valence-electron chi connectivity index (χ3n) is 8.94. The van der Waals surface area contributed by atoms with Gasteiger partial charge in [0, 0.05) is 38.8 Å². The molecule has 10 heteroatoms. The van der Waals surface area contributed by atoms with Crippen LogP contribution >= 0.6 is 11.6 Å². The summed E-state index contributed by atoms with van der Waals surface area (Å²) in [6, 6.07) is 5.56. The van der Waals surface area contributed by atoms with Gasteiger partial charge in [-0.2, -0.15) is 0 Å². The van der Waals surface area contributed by atoms with E-state index in [1.54, 1.807) is 22.9 Å². The van der Waals surface area contributed by atoms with Gasteiger partial charge >= 0.3 is 0 Å². The molecule has 8 nitrogen and oxygen atoms in total. The van der Waals surface area contributed by atoms with Gasteiger partial charge in [-0.15, -0.1) is 0 Å². The molecule has 3 aliphatic rings. The van der Waals surface area contributed by atoms with E-state index in [1.165, 1.54) is 24.3 Å². The largest absolute Gasteiger partial charge is 0.507 e. The molecule has 40 heavy (non-hydrogen) atoms. The Morgan fingerprint density at radius 1 is 1.30 bits per heavy atom. The molecule has 1 aromatic heterocycles. The van der Waals surface area contributed by atoms with Crippen molar-refractivity contribution in [3.63, 3.8) is 0 Å². The van der Waals surface area contributed by atoms with Gasteiger partial charge in [-0.05, 0) is 62.3 Å². The maximum absolute atomic E-state index is 15.0. The quantitative estimate of drug-likeness (QED) is 0.229. The Balaban J connectivity index is 1.63. The number of amidine groups is 1. The summed E-state index contributed by atoms with van der Waals surface area (Å²) in [5.41, 5.74) is 0.546. The van der Waals surface area contributed by atoms with E-state index in [-0.39, 0.29) is 45.4 Å². The number of halogens is 2. The molecule has 2 aliphatic carbocycles. The average molecular weight is 568 g/mol. The van der Waals surface area contributed by atoms with Crippen LogP contribution in [0.1, 0.15) is 51.0 Å². The van der Waals surface area contributed by atoms with E-state index >= 15 is 0 Å². The monoisotopic (exact) mass is 567 g/mol. The number of carbonyl (C=O) groups is 2. The molecular formula is C30H35ClFN5O3. The number of amides is 2. The topological polar surface area (TPSA) is 89.3 Å². The van der Waals surface area contributed by atoms with Crippen LogP contribution in [0.5, 0.6) is 5.75 Å². The molecule has 2 atom stereocenters. The van der Waals surface area contributed by atoms with Crippen LogP contribution in [0.15, 0.2) is 41.9 Å². The Bertz CT molecular complexity index is 1340. The van der Waals surface area contributed by atoms with Gasteiger partial charge in [0.05, 0.1) is 21.8 Å². The first kappa shape index (κ1) is 28.1. The van der Waals surface area contributed by atoms with Crippen LogP contribution in [0.3, 0.4) is 0 Å². The predicted molar refractivity (Wildman–Crippen MR) is 154 cm³/mol. The van der Waals surface area contributed by atoms with Crippen LogP contribution in [0.25, 0.3) is 11.3 Å². The zero-order valence-corrected chi connectivity index (χ0v) is 23.7. The van der Waals surface area contributed by atoms with E-state index < -0.39 is 5.82 Å². The molecule has 1 aromatic carbocycles. The molecule has 5 rings (SSSR count). The maximum Gasteiger partial charge on any atom is 0.246 e. The molecule has 1 saturated heterocycles. The number of anilines is 1. The Morgan fingerprint density at radius 2 is 2.05 bits per heavy atom. The number of phenols is 1. The minimum Gasteiger partial charge on any atom is -0.507 e. The van der Waals surface area contributed by atoms with Gasteiger partial charge in [-0.1, -0.05) is 37.1 Å². The van der Waals surface area contributed by atoms with Crippen molar-refractivity contribution < 1.29 is 19.1 Å².